The van der Waals surface area contributed by atoms with Crippen LogP contribution in [0.25, 0.3) is 0 Å². The highest BCUT2D eigenvalue weighted by atomic mass is 16.7. The predicted molar refractivity (Wildman–Crippen MR) is 162 cm³/mol. The molecule has 0 radical (unpaired) electrons. The Morgan fingerprint density at radius 1 is 1.10 bits per heavy atom. The molecular formula is C33H45NO14. The minimum Gasteiger partial charge on any atom is -0.547 e. The Kier molecular flexibility index (Phi) is 11.3. The maximum atomic E-state index is 13.8. The number of esters is 2. The van der Waals surface area contributed by atoms with Crippen molar-refractivity contribution in [2.24, 2.45) is 0 Å². The summed E-state index contributed by atoms with van der Waals surface area (Å²) in [5.74, 6) is -3.11. The van der Waals surface area contributed by atoms with Gasteiger partial charge in [0, 0.05) is 25.3 Å². The molecule has 266 valence electrons. The first-order valence-electron chi connectivity index (χ1n) is 15.9. The summed E-state index contributed by atoms with van der Waals surface area (Å²) in [5.41, 5.74) is -1.29. The topological polar surface area (TPSA) is 223 Å². The third kappa shape index (κ3) is 8.02. The summed E-state index contributed by atoms with van der Waals surface area (Å²) in [6.45, 7) is 5.39. The molecule has 1 aromatic carbocycles. The highest BCUT2D eigenvalue weighted by molar-refractivity contribution is 5.86. The summed E-state index contributed by atoms with van der Waals surface area (Å²) in [6.07, 6.45) is 1.41. The van der Waals surface area contributed by atoms with E-state index < -0.39 is 60.1 Å². The fourth-order valence-corrected chi connectivity index (χ4v) is 7.17. The molecule has 4 aliphatic rings. The molecule has 0 saturated carbocycles. The number of carbonyl (C=O) groups is 4. The molecule has 6 atom stereocenters. The molecule has 1 unspecified atom stereocenters. The third-order valence-electron chi connectivity index (χ3n) is 9.46. The van der Waals surface area contributed by atoms with Gasteiger partial charge in [-0.1, -0.05) is 0 Å². The van der Waals surface area contributed by atoms with Crippen molar-refractivity contribution in [3.8, 4) is 11.5 Å². The van der Waals surface area contributed by atoms with Crippen LogP contribution in [0.1, 0.15) is 75.8 Å². The van der Waals surface area contributed by atoms with Crippen LogP contribution in [0.5, 0.6) is 11.5 Å². The highest BCUT2D eigenvalue weighted by Crippen LogP contribution is 2.50. The molecule has 1 aromatic rings. The third-order valence-corrected chi connectivity index (χ3v) is 9.46. The second-order valence-electron chi connectivity index (χ2n) is 13.3. The van der Waals surface area contributed by atoms with E-state index in [1.54, 1.807) is 21.0 Å². The number of carboxylic acid groups (broad SMARTS) is 2. The Labute approximate surface area is 278 Å². The van der Waals surface area contributed by atoms with Crippen molar-refractivity contribution in [1.82, 2.24) is 0 Å². The SMILES string of the molecule is COC(=O)C[C@@](O)(CCCC(C)(C)O)C(=O)O[C@@H]1C(OC)=C[C@]23CCC[NH+]2CCc2cc4c(cc2[C@H]13)OCO4.O=C(O)C[C@@H](O)C(=O)[O-]. The number of aliphatic carboxylic acids is 2. The van der Waals surface area contributed by atoms with Crippen molar-refractivity contribution in [3.05, 3.63) is 35.1 Å². The van der Waals surface area contributed by atoms with Crippen LogP contribution in [0, 0.1) is 0 Å². The van der Waals surface area contributed by atoms with Crippen LogP contribution < -0.4 is 19.5 Å². The van der Waals surface area contributed by atoms with Crippen LogP contribution in [0.2, 0.25) is 0 Å². The number of aliphatic hydroxyl groups is 3. The Hall–Kier alpha value is -3.92. The number of aliphatic hydroxyl groups excluding tert-OH is 1. The second-order valence-corrected chi connectivity index (χ2v) is 13.3. The molecule has 3 heterocycles. The van der Waals surface area contributed by atoms with Crippen LogP contribution in [0.15, 0.2) is 24.0 Å². The van der Waals surface area contributed by atoms with Gasteiger partial charge in [-0.3, -0.25) is 9.59 Å². The van der Waals surface area contributed by atoms with Gasteiger partial charge in [0.2, 0.25) is 6.79 Å². The molecule has 5 rings (SSSR count). The van der Waals surface area contributed by atoms with Crippen molar-refractivity contribution < 1.29 is 73.3 Å². The number of hydrogen-bond donors (Lipinski definition) is 5. The van der Waals surface area contributed by atoms with E-state index in [0.29, 0.717) is 30.1 Å². The van der Waals surface area contributed by atoms with Crippen molar-refractivity contribution in [2.45, 2.75) is 100 Å². The van der Waals surface area contributed by atoms with E-state index in [-0.39, 0.29) is 24.7 Å². The van der Waals surface area contributed by atoms with Crippen LogP contribution in [0.3, 0.4) is 0 Å². The van der Waals surface area contributed by atoms with Crippen molar-refractivity contribution in [3.63, 3.8) is 0 Å². The lowest BCUT2D eigenvalue weighted by atomic mass is 9.77. The highest BCUT2D eigenvalue weighted by Gasteiger charge is 2.62. The molecule has 1 saturated heterocycles. The molecule has 48 heavy (non-hydrogen) atoms. The van der Waals surface area contributed by atoms with E-state index in [9.17, 15) is 34.5 Å². The minimum absolute atomic E-state index is 0.0634. The first kappa shape index (κ1) is 36.9. The van der Waals surface area contributed by atoms with Crippen LogP contribution >= 0.6 is 0 Å². The number of nitrogens with one attached hydrogen (secondary N) is 1. The van der Waals surface area contributed by atoms with E-state index in [1.165, 1.54) is 12.0 Å². The molecule has 5 N–H and O–H groups in total. The van der Waals surface area contributed by atoms with Crippen LogP contribution in [0.4, 0.5) is 0 Å². The lowest BCUT2D eigenvalue weighted by molar-refractivity contribution is -0.932. The fourth-order valence-electron chi connectivity index (χ4n) is 7.17. The standard InChI is InChI=1S/C29H39NO9.C4H6O5/c1-27(2,33)8-5-10-29(34,16-23(31)36-4)26(32)39-25-22(35-3)15-28-9-6-11-30(28)12-7-18-13-20-21(38-17-37-20)14-19(18)24(25)28;5-2(4(8)9)1-3(6)7/h13-15,24-25,33-34H,5-12,16-17H2,1-4H3;2,5H,1H2,(H,6,7)(H,8,9)/t24-,25-,28+,29+;2-/m11/s1. The number of methoxy groups -OCH3 is 2. The molecule has 1 spiro atoms. The Morgan fingerprint density at radius 3 is 2.38 bits per heavy atom. The van der Waals surface area contributed by atoms with Crippen molar-refractivity contribution in [2.75, 3.05) is 34.1 Å². The number of benzene rings is 1. The molecule has 3 aliphatic heterocycles. The number of ether oxygens (including phenoxy) is 5. The average molecular weight is 680 g/mol. The molecular weight excluding hydrogens is 634 g/mol. The van der Waals surface area contributed by atoms with Gasteiger partial charge in [-0.25, -0.2) is 4.79 Å². The molecule has 15 nitrogen and oxygen atoms in total. The van der Waals surface area contributed by atoms with Gasteiger partial charge in [-0.2, -0.15) is 0 Å². The Bertz CT molecular complexity index is 1420. The maximum Gasteiger partial charge on any atom is 0.339 e. The summed E-state index contributed by atoms with van der Waals surface area (Å²) in [7, 11) is 2.77. The van der Waals surface area contributed by atoms with Gasteiger partial charge >= 0.3 is 17.9 Å². The van der Waals surface area contributed by atoms with Gasteiger partial charge in [0.1, 0.15) is 17.4 Å². The average Bonchev–Trinajstić information content (AvgIpc) is 3.69. The van der Waals surface area contributed by atoms with Crippen molar-refractivity contribution >= 4 is 23.9 Å². The zero-order chi connectivity index (χ0) is 35.4. The first-order valence-corrected chi connectivity index (χ1v) is 15.9. The Morgan fingerprint density at radius 2 is 1.79 bits per heavy atom. The largest absolute Gasteiger partial charge is 0.547 e. The lowest BCUT2D eigenvalue weighted by Crippen LogP contribution is -3.18. The molecule has 0 aromatic heterocycles. The monoisotopic (exact) mass is 679 g/mol. The molecule has 15 heteroatoms. The van der Waals surface area contributed by atoms with Gasteiger partial charge in [0.05, 0.1) is 57.6 Å². The predicted octanol–water partition coefficient (Wildman–Crippen LogP) is -1.26. The zero-order valence-electron chi connectivity index (χ0n) is 27.6. The number of rotatable bonds is 12. The number of hydrogen-bond acceptors (Lipinski definition) is 13. The zero-order valence-corrected chi connectivity index (χ0v) is 27.6. The van der Waals surface area contributed by atoms with Gasteiger partial charge in [0.15, 0.2) is 23.2 Å². The summed E-state index contributed by atoms with van der Waals surface area (Å²) in [6, 6.07) is 4.03. The maximum absolute atomic E-state index is 13.8. The first-order chi connectivity index (χ1) is 22.5. The second kappa shape index (κ2) is 14.7. The van der Waals surface area contributed by atoms with Crippen molar-refractivity contribution in [1.29, 1.82) is 0 Å². The molecule has 0 bridgehead atoms. The van der Waals surface area contributed by atoms with E-state index in [0.717, 1.165) is 43.5 Å². The minimum atomic E-state index is -2.11. The molecule has 1 fully saturated rings. The number of fused-ring (bicyclic) bond motifs is 3. The summed E-state index contributed by atoms with van der Waals surface area (Å²) < 4.78 is 28.1. The number of carbonyl (C=O) groups excluding carboxylic acids is 3. The van der Waals surface area contributed by atoms with Gasteiger partial charge in [-0.15, -0.1) is 0 Å². The number of quaternary nitrogens is 1. The summed E-state index contributed by atoms with van der Waals surface area (Å²) in [5, 5.41) is 47.4. The quantitative estimate of drug-likeness (QED) is 0.163. The number of carboxylic acids is 2. The van der Waals surface area contributed by atoms with E-state index >= 15 is 0 Å². The lowest BCUT2D eigenvalue weighted by Gasteiger charge is -2.37. The van der Waals surface area contributed by atoms with E-state index in [4.69, 9.17) is 33.9 Å². The Balaban J connectivity index is 0.000000508. The normalized spacial score (nSPS) is 25.4. The van der Waals surface area contributed by atoms with Gasteiger partial charge in [0.25, 0.3) is 0 Å². The van der Waals surface area contributed by atoms with Crippen LogP contribution in [-0.4, -0.2) is 107 Å². The molecule has 0 amide bonds. The van der Waals surface area contributed by atoms with Gasteiger partial charge in [-0.05, 0) is 56.4 Å². The van der Waals surface area contributed by atoms with Gasteiger partial charge < -0.3 is 58.9 Å². The molecule has 1 aliphatic carbocycles. The van der Waals surface area contributed by atoms with E-state index in [2.05, 4.69) is 6.08 Å². The van der Waals surface area contributed by atoms with E-state index in [1.807, 2.05) is 12.1 Å². The smallest absolute Gasteiger partial charge is 0.339 e. The fraction of sp³-hybridized carbons (Fsp3) is 0.636. The summed E-state index contributed by atoms with van der Waals surface area (Å²) >= 11 is 0. The summed E-state index contributed by atoms with van der Waals surface area (Å²) in [4.78, 5) is 46.7. The van der Waals surface area contributed by atoms with Crippen LogP contribution in [-0.2, 0) is 39.8 Å².